The third kappa shape index (κ3) is 7.37. The molecular formula is C15H25Cl2N3O3. The van der Waals surface area contributed by atoms with Crippen molar-refractivity contribution in [3.63, 3.8) is 0 Å². The highest BCUT2D eigenvalue weighted by molar-refractivity contribution is 5.85. The number of halogens is 2. The zero-order valence-corrected chi connectivity index (χ0v) is 14.6. The van der Waals surface area contributed by atoms with Gasteiger partial charge in [-0.1, -0.05) is 18.2 Å². The number of nitrogens with two attached hydrogens (primary N) is 1. The summed E-state index contributed by atoms with van der Waals surface area (Å²) in [6, 6.07) is 9.45. The molecule has 1 fully saturated rings. The van der Waals surface area contributed by atoms with Gasteiger partial charge in [0.15, 0.2) is 0 Å². The van der Waals surface area contributed by atoms with Gasteiger partial charge in [0, 0.05) is 32.7 Å². The summed E-state index contributed by atoms with van der Waals surface area (Å²) in [5.74, 6) is 0.748. The lowest BCUT2D eigenvalue weighted by atomic mass is 10.2. The van der Waals surface area contributed by atoms with E-state index in [0.29, 0.717) is 19.6 Å². The topological polar surface area (TPSA) is 79.0 Å². The van der Waals surface area contributed by atoms with E-state index in [4.69, 9.17) is 10.5 Å². The zero-order valence-electron chi connectivity index (χ0n) is 13.0. The highest BCUT2D eigenvalue weighted by Crippen LogP contribution is 2.09. The van der Waals surface area contributed by atoms with Crippen LogP contribution in [-0.4, -0.2) is 72.8 Å². The maximum absolute atomic E-state index is 11.5. The van der Waals surface area contributed by atoms with Crippen LogP contribution in [0.2, 0.25) is 0 Å². The van der Waals surface area contributed by atoms with Gasteiger partial charge in [-0.15, -0.1) is 24.8 Å². The smallest absolute Gasteiger partial charge is 0.236 e. The molecule has 1 aliphatic heterocycles. The number of hydrogen-bond donors (Lipinski definition) is 2. The molecule has 0 bridgehead atoms. The van der Waals surface area contributed by atoms with Gasteiger partial charge in [0.05, 0.1) is 6.54 Å². The van der Waals surface area contributed by atoms with Crippen LogP contribution < -0.4 is 10.5 Å². The minimum absolute atomic E-state index is 0. The Hall–Kier alpha value is -1.05. The van der Waals surface area contributed by atoms with Crippen molar-refractivity contribution < 1.29 is 14.6 Å². The molecule has 1 aliphatic rings. The summed E-state index contributed by atoms with van der Waals surface area (Å²) in [5, 5.41) is 10.0. The van der Waals surface area contributed by atoms with E-state index in [-0.39, 0.29) is 43.9 Å². The summed E-state index contributed by atoms with van der Waals surface area (Å²) in [6.07, 6.45) is -0.540. The van der Waals surface area contributed by atoms with Crippen molar-refractivity contribution in [3.8, 4) is 5.75 Å². The lowest BCUT2D eigenvalue weighted by Gasteiger charge is -2.35. The van der Waals surface area contributed by atoms with Gasteiger partial charge in [-0.2, -0.15) is 0 Å². The maximum Gasteiger partial charge on any atom is 0.236 e. The number of amides is 1. The van der Waals surface area contributed by atoms with E-state index in [1.165, 1.54) is 0 Å². The molecule has 1 aromatic rings. The average molecular weight is 366 g/mol. The summed E-state index contributed by atoms with van der Waals surface area (Å²) in [5.41, 5.74) is 5.35. The Morgan fingerprint density at radius 2 is 1.78 bits per heavy atom. The van der Waals surface area contributed by atoms with Crippen LogP contribution in [0, 0.1) is 0 Å². The Labute approximate surface area is 149 Å². The van der Waals surface area contributed by atoms with Gasteiger partial charge in [0.2, 0.25) is 5.91 Å². The molecule has 1 heterocycles. The van der Waals surface area contributed by atoms with E-state index in [1.807, 2.05) is 30.3 Å². The molecule has 132 valence electrons. The SMILES string of the molecule is Cl.Cl.NCC(=O)N1CCN(CC(O)COc2ccccc2)CC1. The second kappa shape index (κ2) is 11.5. The fourth-order valence-corrected chi connectivity index (χ4v) is 2.37. The Kier molecular flexibility index (Phi) is 11.0. The molecule has 8 heteroatoms. The van der Waals surface area contributed by atoms with Crippen LogP contribution in [0.15, 0.2) is 30.3 Å². The number of piperazine rings is 1. The van der Waals surface area contributed by atoms with E-state index in [9.17, 15) is 9.90 Å². The molecule has 23 heavy (non-hydrogen) atoms. The fraction of sp³-hybridized carbons (Fsp3) is 0.533. The van der Waals surface area contributed by atoms with Gasteiger partial charge in [-0.3, -0.25) is 9.69 Å². The Bertz CT molecular complexity index is 443. The molecule has 2 rings (SSSR count). The minimum Gasteiger partial charge on any atom is -0.491 e. The fourth-order valence-electron chi connectivity index (χ4n) is 2.37. The van der Waals surface area contributed by atoms with Crippen molar-refractivity contribution in [2.75, 3.05) is 45.9 Å². The standard InChI is InChI=1S/C15H23N3O3.2ClH/c16-10-15(20)18-8-6-17(7-9-18)11-13(19)12-21-14-4-2-1-3-5-14;;/h1-5,13,19H,6-12,16H2;2*1H. The Morgan fingerprint density at radius 1 is 1.17 bits per heavy atom. The molecule has 0 saturated carbocycles. The largest absolute Gasteiger partial charge is 0.491 e. The highest BCUT2D eigenvalue weighted by atomic mass is 35.5. The number of benzene rings is 1. The van der Waals surface area contributed by atoms with E-state index in [0.717, 1.165) is 18.8 Å². The zero-order chi connectivity index (χ0) is 15.1. The molecular weight excluding hydrogens is 341 g/mol. The first-order chi connectivity index (χ1) is 10.2. The average Bonchev–Trinajstić information content (AvgIpc) is 2.54. The van der Waals surface area contributed by atoms with E-state index in [2.05, 4.69) is 4.90 Å². The number of hydrogen-bond acceptors (Lipinski definition) is 5. The summed E-state index contributed by atoms with van der Waals surface area (Å²) in [7, 11) is 0. The van der Waals surface area contributed by atoms with Gasteiger partial charge in [-0.05, 0) is 12.1 Å². The molecule has 1 saturated heterocycles. The van der Waals surface area contributed by atoms with Crippen LogP contribution >= 0.6 is 24.8 Å². The minimum atomic E-state index is -0.540. The molecule has 3 N–H and O–H groups in total. The maximum atomic E-state index is 11.5. The number of rotatable bonds is 6. The molecule has 0 aromatic heterocycles. The van der Waals surface area contributed by atoms with Gasteiger partial charge in [0.25, 0.3) is 0 Å². The van der Waals surface area contributed by atoms with Crippen LogP contribution in [0.3, 0.4) is 0 Å². The van der Waals surface area contributed by atoms with Crippen molar-refractivity contribution in [1.29, 1.82) is 0 Å². The number of nitrogens with zero attached hydrogens (tertiary/aromatic N) is 2. The Morgan fingerprint density at radius 3 is 2.35 bits per heavy atom. The number of β-amino-alcohol motifs (C(OH)–C–C–N with tert-alkyl or cyclic N) is 1. The van der Waals surface area contributed by atoms with Gasteiger partial charge >= 0.3 is 0 Å². The number of carbonyl (C=O) groups is 1. The molecule has 1 unspecified atom stereocenters. The van der Waals surface area contributed by atoms with Crippen LogP contribution in [-0.2, 0) is 4.79 Å². The molecule has 0 spiro atoms. The molecule has 0 aliphatic carbocycles. The molecule has 1 atom stereocenters. The summed E-state index contributed by atoms with van der Waals surface area (Å²) < 4.78 is 5.53. The second-order valence-corrected chi connectivity index (χ2v) is 5.16. The van der Waals surface area contributed by atoms with Crippen molar-refractivity contribution in [2.45, 2.75) is 6.10 Å². The molecule has 6 nitrogen and oxygen atoms in total. The van der Waals surface area contributed by atoms with Gasteiger partial charge < -0.3 is 20.5 Å². The molecule has 1 aromatic carbocycles. The number of ether oxygens (including phenoxy) is 1. The van der Waals surface area contributed by atoms with Crippen LogP contribution in [0.1, 0.15) is 0 Å². The third-order valence-electron chi connectivity index (χ3n) is 3.55. The van der Waals surface area contributed by atoms with Gasteiger partial charge in [0.1, 0.15) is 18.5 Å². The second-order valence-electron chi connectivity index (χ2n) is 5.16. The lowest BCUT2D eigenvalue weighted by molar-refractivity contribution is -0.131. The van der Waals surface area contributed by atoms with E-state index in [1.54, 1.807) is 4.90 Å². The van der Waals surface area contributed by atoms with Gasteiger partial charge in [-0.25, -0.2) is 0 Å². The van der Waals surface area contributed by atoms with Crippen molar-refractivity contribution >= 4 is 30.7 Å². The van der Waals surface area contributed by atoms with Crippen LogP contribution in [0.5, 0.6) is 5.75 Å². The van der Waals surface area contributed by atoms with E-state index >= 15 is 0 Å². The number of carbonyl (C=O) groups excluding carboxylic acids is 1. The molecule has 0 radical (unpaired) electrons. The van der Waals surface area contributed by atoms with Crippen molar-refractivity contribution in [2.24, 2.45) is 5.73 Å². The third-order valence-corrected chi connectivity index (χ3v) is 3.55. The predicted octanol–water partition coefficient (Wildman–Crippen LogP) is 0.373. The predicted molar refractivity (Wildman–Crippen MR) is 94.5 cm³/mol. The quantitative estimate of drug-likeness (QED) is 0.761. The monoisotopic (exact) mass is 365 g/mol. The number of aliphatic hydroxyl groups excluding tert-OH is 1. The highest BCUT2D eigenvalue weighted by Gasteiger charge is 2.21. The summed E-state index contributed by atoms with van der Waals surface area (Å²) in [4.78, 5) is 15.4. The van der Waals surface area contributed by atoms with E-state index < -0.39 is 6.10 Å². The lowest BCUT2D eigenvalue weighted by Crippen LogP contribution is -2.52. The first-order valence-corrected chi connectivity index (χ1v) is 7.25. The summed E-state index contributed by atoms with van der Waals surface area (Å²) in [6.45, 7) is 3.74. The van der Waals surface area contributed by atoms with Crippen molar-refractivity contribution in [3.05, 3.63) is 30.3 Å². The molecule has 1 amide bonds. The normalized spacial score (nSPS) is 16.0. The Balaban J connectivity index is 0.00000242. The van der Waals surface area contributed by atoms with Crippen LogP contribution in [0.25, 0.3) is 0 Å². The van der Waals surface area contributed by atoms with Crippen LogP contribution in [0.4, 0.5) is 0 Å². The number of para-hydroxylation sites is 1. The first kappa shape index (κ1) is 21.9. The first-order valence-electron chi connectivity index (χ1n) is 7.25. The summed E-state index contributed by atoms with van der Waals surface area (Å²) >= 11 is 0. The number of aliphatic hydroxyl groups is 1. The van der Waals surface area contributed by atoms with Crippen molar-refractivity contribution in [1.82, 2.24) is 9.80 Å².